The van der Waals surface area contributed by atoms with E-state index < -0.39 is 5.97 Å². The minimum Gasteiger partial charge on any atom is -0.466 e. The number of benzene rings is 1. The van der Waals surface area contributed by atoms with E-state index in [4.69, 9.17) is 4.74 Å². The summed E-state index contributed by atoms with van der Waals surface area (Å²) < 4.78 is 4.71. The first-order chi connectivity index (χ1) is 7.15. The monoisotopic (exact) mass is 204 g/mol. The summed E-state index contributed by atoms with van der Waals surface area (Å²) in [7, 11) is 1.85. The molecule has 0 aliphatic rings. The van der Waals surface area contributed by atoms with Gasteiger partial charge in [-0.2, -0.15) is 0 Å². The molecule has 4 heteroatoms. The van der Waals surface area contributed by atoms with Crippen LogP contribution in [0.1, 0.15) is 23.7 Å². The Labute approximate surface area is 89.8 Å². The van der Waals surface area contributed by atoms with Gasteiger partial charge < -0.3 is 4.74 Å². The molecular formula is C11H13BO3. The minimum absolute atomic E-state index is 0.182. The number of hydrogen-bond acceptors (Lipinski definition) is 3. The largest absolute Gasteiger partial charge is 0.466 e. The third kappa shape index (κ3) is 3.24. The first kappa shape index (κ1) is 11.5. The average Bonchev–Trinajstić information content (AvgIpc) is 2.18. The van der Waals surface area contributed by atoms with E-state index in [-0.39, 0.29) is 12.2 Å². The van der Waals surface area contributed by atoms with Gasteiger partial charge in [-0.1, -0.05) is 29.7 Å². The van der Waals surface area contributed by atoms with Gasteiger partial charge >= 0.3 is 5.97 Å². The fourth-order valence-corrected chi connectivity index (χ4v) is 1.32. The van der Waals surface area contributed by atoms with E-state index in [0.717, 1.165) is 5.46 Å². The highest BCUT2D eigenvalue weighted by Crippen LogP contribution is 2.01. The molecule has 0 bridgehead atoms. The van der Waals surface area contributed by atoms with Crippen LogP contribution in [0.4, 0.5) is 0 Å². The second kappa shape index (κ2) is 5.34. The molecule has 0 atom stereocenters. The lowest BCUT2D eigenvalue weighted by Crippen LogP contribution is -2.19. The van der Waals surface area contributed by atoms with Gasteiger partial charge in [0.2, 0.25) is 0 Å². The van der Waals surface area contributed by atoms with Crippen molar-refractivity contribution in [3.05, 3.63) is 29.8 Å². The summed E-state index contributed by atoms with van der Waals surface area (Å²) in [6.07, 6.45) is -0.182. The molecule has 1 rings (SSSR count). The Kier molecular flexibility index (Phi) is 4.09. The molecule has 0 unspecified atom stereocenters. The lowest BCUT2D eigenvalue weighted by atomic mass is 9.88. The highest BCUT2D eigenvalue weighted by atomic mass is 16.5. The number of carbonyl (C=O) groups is 2. The van der Waals surface area contributed by atoms with Crippen molar-refractivity contribution >= 4 is 25.1 Å². The molecule has 1 aromatic rings. The van der Waals surface area contributed by atoms with Crippen LogP contribution in [-0.2, 0) is 9.53 Å². The SMILES string of the molecule is Bc1ccccc1C(=O)CC(=O)OCC. The van der Waals surface area contributed by atoms with E-state index in [1.807, 2.05) is 20.0 Å². The molecule has 0 aromatic heterocycles. The van der Waals surface area contributed by atoms with Crippen LogP contribution in [0.5, 0.6) is 0 Å². The predicted molar refractivity (Wildman–Crippen MR) is 60.2 cm³/mol. The average molecular weight is 204 g/mol. The van der Waals surface area contributed by atoms with Gasteiger partial charge in [-0.3, -0.25) is 9.59 Å². The lowest BCUT2D eigenvalue weighted by molar-refractivity contribution is -0.141. The molecule has 15 heavy (non-hydrogen) atoms. The Morgan fingerprint density at radius 3 is 2.60 bits per heavy atom. The van der Waals surface area contributed by atoms with Crippen molar-refractivity contribution < 1.29 is 14.3 Å². The summed E-state index contributed by atoms with van der Waals surface area (Å²) in [4.78, 5) is 22.7. The van der Waals surface area contributed by atoms with E-state index in [9.17, 15) is 9.59 Å². The summed E-state index contributed by atoms with van der Waals surface area (Å²) in [6, 6.07) is 7.21. The van der Waals surface area contributed by atoms with Crippen molar-refractivity contribution in [1.82, 2.24) is 0 Å². The molecule has 1 aromatic carbocycles. The topological polar surface area (TPSA) is 43.4 Å². The Morgan fingerprint density at radius 1 is 1.33 bits per heavy atom. The zero-order valence-electron chi connectivity index (χ0n) is 8.95. The maximum Gasteiger partial charge on any atom is 0.313 e. The van der Waals surface area contributed by atoms with E-state index in [0.29, 0.717) is 12.2 Å². The molecule has 0 aliphatic heterocycles. The Morgan fingerprint density at radius 2 is 2.00 bits per heavy atom. The van der Waals surface area contributed by atoms with Gasteiger partial charge in [-0.25, -0.2) is 0 Å². The molecule has 0 saturated heterocycles. The fraction of sp³-hybridized carbons (Fsp3) is 0.273. The standard InChI is InChI=1S/C11H13BO3/c1-2-15-11(14)7-10(13)8-5-3-4-6-9(8)12/h3-6H,2,7,12H2,1H3. The van der Waals surface area contributed by atoms with Crippen LogP contribution < -0.4 is 5.46 Å². The predicted octanol–water partition coefficient (Wildman–Crippen LogP) is 0.0809. The van der Waals surface area contributed by atoms with Crippen LogP contribution in [0.3, 0.4) is 0 Å². The molecule has 78 valence electrons. The van der Waals surface area contributed by atoms with Gasteiger partial charge in [0.05, 0.1) is 6.61 Å². The molecule has 3 nitrogen and oxygen atoms in total. The van der Waals surface area contributed by atoms with Crippen molar-refractivity contribution in [2.45, 2.75) is 13.3 Å². The number of esters is 1. The molecule has 0 radical (unpaired) electrons. The van der Waals surface area contributed by atoms with Crippen LogP contribution in [0.2, 0.25) is 0 Å². The zero-order valence-corrected chi connectivity index (χ0v) is 8.95. The number of ketones is 1. The number of ether oxygens (including phenoxy) is 1. The van der Waals surface area contributed by atoms with Crippen molar-refractivity contribution in [2.75, 3.05) is 6.61 Å². The van der Waals surface area contributed by atoms with E-state index in [1.54, 1.807) is 19.1 Å². The summed E-state index contributed by atoms with van der Waals surface area (Å²) in [5.74, 6) is -0.655. The highest BCUT2D eigenvalue weighted by Gasteiger charge is 2.13. The Hall–Kier alpha value is -1.58. The summed E-state index contributed by atoms with van der Waals surface area (Å²) in [6.45, 7) is 2.02. The quantitative estimate of drug-likeness (QED) is 0.302. The molecule has 0 fully saturated rings. The van der Waals surface area contributed by atoms with Gasteiger partial charge in [-0.05, 0) is 6.92 Å². The van der Waals surface area contributed by atoms with Crippen molar-refractivity contribution in [2.24, 2.45) is 0 Å². The third-order valence-corrected chi connectivity index (χ3v) is 2.06. The second-order valence-corrected chi connectivity index (χ2v) is 3.22. The third-order valence-electron chi connectivity index (χ3n) is 2.06. The van der Waals surface area contributed by atoms with Crippen molar-refractivity contribution in [3.8, 4) is 0 Å². The molecule has 0 spiro atoms. The maximum absolute atomic E-state index is 11.6. The normalized spacial score (nSPS) is 9.67. The summed E-state index contributed by atoms with van der Waals surface area (Å²) >= 11 is 0. The fourth-order valence-electron chi connectivity index (χ4n) is 1.32. The Bertz CT molecular complexity index is 374. The van der Waals surface area contributed by atoms with Crippen LogP contribution >= 0.6 is 0 Å². The van der Waals surface area contributed by atoms with Gasteiger partial charge in [-0.15, -0.1) is 0 Å². The van der Waals surface area contributed by atoms with Gasteiger partial charge in [0, 0.05) is 5.56 Å². The molecule has 0 saturated carbocycles. The van der Waals surface area contributed by atoms with Gasteiger partial charge in [0.1, 0.15) is 14.3 Å². The molecular weight excluding hydrogens is 191 g/mol. The number of Topliss-reactive ketones (excluding diaryl/α,β-unsaturated/α-hetero) is 1. The Balaban J connectivity index is 2.70. The maximum atomic E-state index is 11.6. The van der Waals surface area contributed by atoms with Crippen LogP contribution in [-0.4, -0.2) is 26.2 Å². The van der Waals surface area contributed by atoms with Crippen molar-refractivity contribution in [3.63, 3.8) is 0 Å². The number of hydrogen-bond donors (Lipinski definition) is 0. The van der Waals surface area contributed by atoms with Crippen LogP contribution in [0.25, 0.3) is 0 Å². The molecule has 0 heterocycles. The van der Waals surface area contributed by atoms with Crippen molar-refractivity contribution in [1.29, 1.82) is 0 Å². The van der Waals surface area contributed by atoms with Crippen LogP contribution in [0.15, 0.2) is 24.3 Å². The first-order valence-corrected chi connectivity index (χ1v) is 4.89. The highest BCUT2D eigenvalue weighted by molar-refractivity contribution is 6.37. The number of carbonyl (C=O) groups excluding carboxylic acids is 2. The van der Waals surface area contributed by atoms with E-state index in [2.05, 4.69) is 0 Å². The zero-order chi connectivity index (χ0) is 11.3. The number of rotatable bonds is 4. The van der Waals surface area contributed by atoms with E-state index in [1.165, 1.54) is 0 Å². The first-order valence-electron chi connectivity index (χ1n) is 4.89. The van der Waals surface area contributed by atoms with Gasteiger partial charge in [0.25, 0.3) is 0 Å². The second-order valence-electron chi connectivity index (χ2n) is 3.22. The molecule has 0 N–H and O–H groups in total. The van der Waals surface area contributed by atoms with Crippen LogP contribution in [0, 0.1) is 0 Å². The summed E-state index contributed by atoms with van der Waals surface area (Å²) in [5, 5.41) is 0. The summed E-state index contributed by atoms with van der Waals surface area (Å²) in [5.41, 5.74) is 1.47. The van der Waals surface area contributed by atoms with Gasteiger partial charge in [0.15, 0.2) is 5.78 Å². The smallest absolute Gasteiger partial charge is 0.313 e. The molecule has 0 aliphatic carbocycles. The lowest BCUT2D eigenvalue weighted by Gasteiger charge is -2.04. The molecule has 0 amide bonds. The van der Waals surface area contributed by atoms with E-state index >= 15 is 0 Å². The minimum atomic E-state index is -0.467.